The highest BCUT2D eigenvalue weighted by atomic mass is 79.9. The number of likely N-dealkylation sites (N-methyl/N-ethyl adjacent to an activating group) is 1. The molecule has 1 rings (SSSR count). The lowest BCUT2D eigenvalue weighted by atomic mass is 10.3. The van der Waals surface area contributed by atoms with Crippen LogP contribution >= 0.6 is 39.7 Å². The molecule has 1 amide bonds. The Balaban J connectivity index is 0.00000196. The van der Waals surface area contributed by atoms with Crippen molar-refractivity contribution in [3.63, 3.8) is 0 Å². The van der Waals surface area contributed by atoms with Gasteiger partial charge in [0.15, 0.2) is 0 Å². The molecule has 0 saturated carbocycles. The normalized spacial score (nSPS) is 11.7. The fourth-order valence-electron chi connectivity index (χ4n) is 1.10. The summed E-state index contributed by atoms with van der Waals surface area (Å²) < 4.78 is 1.08. The average Bonchev–Trinajstić information content (AvgIpc) is 2.49. The van der Waals surface area contributed by atoms with Crippen LogP contribution in [-0.4, -0.2) is 23.9 Å². The maximum Gasteiger partial charge on any atom is 0.239 e. The predicted octanol–water partition coefficient (Wildman–Crippen LogP) is 2.24. The lowest BCUT2D eigenvalue weighted by molar-refractivity contribution is -0.131. The Morgan fingerprint density at radius 1 is 1.67 bits per heavy atom. The number of carbonyl (C=O) groups excluding carboxylic acids is 1. The molecule has 0 aliphatic carbocycles. The average molecular weight is 314 g/mol. The van der Waals surface area contributed by atoms with Gasteiger partial charge >= 0.3 is 0 Å². The van der Waals surface area contributed by atoms with Gasteiger partial charge in [0.1, 0.15) is 0 Å². The second-order valence-corrected chi connectivity index (χ2v) is 5.74. The number of thiophene rings is 1. The van der Waals surface area contributed by atoms with E-state index in [0.29, 0.717) is 6.54 Å². The summed E-state index contributed by atoms with van der Waals surface area (Å²) in [5.74, 6) is -0.0328. The maximum absolute atomic E-state index is 11.4. The van der Waals surface area contributed by atoms with Crippen LogP contribution in [0.5, 0.6) is 0 Å². The van der Waals surface area contributed by atoms with Gasteiger partial charge in [-0.25, -0.2) is 0 Å². The van der Waals surface area contributed by atoms with Crippen molar-refractivity contribution in [2.24, 2.45) is 5.73 Å². The number of nitrogens with two attached hydrogens (primary N) is 1. The smallest absolute Gasteiger partial charge is 0.239 e. The van der Waals surface area contributed by atoms with Crippen molar-refractivity contribution < 1.29 is 4.79 Å². The Morgan fingerprint density at radius 2 is 2.27 bits per heavy atom. The van der Waals surface area contributed by atoms with E-state index in [1.165, 1.54) is 0 Å². The number of hydrogen-bond acceptors (Lipinski definition) is 3. The third kappa shape index (κ3) is 4.51. The Kier molecular flexibility index (Phi) is 6.43. The molecule has 1 atom stereocenters. The first-order valence-electron chi connectivity index (χ1n) is 4.25. The summed E-state index contributed by atoms with van der Waals surface area (Å²) in [6, 6.07) is 3.55. The number of carbonyl (C=O) groups is 1. The van der Waals surface area contributed by atoms with Crippen molar-refractivity contribution in [1.29, 1.82) is 0 Å². The Hall–Kier alpha value is -0.100. The molecule has 0 bridgehead atoms. The Labute approximate surface area is 108 Å². The third-order valence-corrected chi connectivity index (χ3v) is 3.40. The van der Waals surface area contributed by atoms with Crippen LogP contribution < -0.4 is 5.73 Å². The van der Waals surface area contributed by atoms with Crippen LogP contribution in [0.2, 0.25) is 0 Å². The van der Waals surface area contributed by atoms with Gasteiger partial charge in [-0.3, -0.25) is 4.79 Å². The number of hydrogen-bond donors (Lipinski definition) is 1. The van der Waals surface area contributed by atoms with E-state index in [2.05, 4.69) is 15.9 Å². The van der Waals surface area contributed by atoms with Gasteiger partial charge in [-0.15, -0.1) is 23.7 Å². The zero-order valence-electron chi connectivity index (χ0n) is 8.57. The molecule has 0 fully saturated rings. The summed E-state index contributed by atoms with van der Waals surface area (Å²) in [4.78, 5) is 14.2. The fourth-order valence-corrected chi connectivity index (χ4v) is 2.63. The summed E-state index contributed by atoms with van der Waals surface area (Å²) in [6.45, 7) is 2.32. The van der Waals surface area contributed by atoms with Gasteiger partial charge in [-0.1, -0.05) is 0 Å². The molecule has 0 aliphatic rings. The second kappa shape index (κ2) is 6.48. The monoisotopic (exact) mass is 312 g/mol. The minimum absolute atomic E-state index is 0. The highest BCUT2D eigenvalue weighted by molar-refractivity contribution is 9.11. The first-order valence-corrected chi connectivity index (χ1v) is 5.86. The van der Waals surface area contributed by atoms with E-state index in [1.807, 2.05) is 12.1 Å². The van der Waals surface area contributed by atoms with Crippen LogP contribution in [-0.2, 0) is 11.3 Å². The molecule has 86 valence electrons. The maximum atomic E-state index is 11.4. The number of nitrogens with zero attached hydrogens (tertiary/aromatic N) is 1. The van der Waals surface area contributed by atoms with E-state index in [4.69, 9.17) is 5.73 Å². The van der Waals surface area contributed by atoms with Crippen molar-refractivity contribution in [2.75, 3.05) is 7.05 Å². The molecule has 3 nitrogen and oxygen atoms in total. The van der Waals surface area contributed by atoms with Crippen LogP contribution in [0.4, 0.5) is 0 Å². The largest absolute Gasteiger partial charge is 0.339 e. The molecule has 1 unspecified atom stereocenters. The summed E-state index contributed by atoms with van der Waals surface area (Å²) in [5, 5.41) is 0. The molecule has 0 spiro atoms. The van der Waals surface area contributed by atoms with E-state index in [9.17, 15) is 4.79 Å². The van der Waals surface area contributed by atoms with Crippen LogP contribution in [0.25, 0.3) is 0 Å². The molecule has 0 radical (unpaired) electrons. The van der Waals surface area contributed by atoms with Crippen molar-refractivity contribution >= 4 is 45.6 Å². The van der Waals surface area contributed by atoms with Crippen molar-refractivity contribution in [3.05, 3.63) is 20.8 Å². The minimum atomic E-state index is -0.427. The van der Waals surface area contributed by atoms with Crippen LogP contribution in [0.15, 0.2) is 15.9 Å². The lowest BCUT2D eigenvalue weighted by Crippen LogP contribution is -2.39. The van der Waals surface area contributed by atoms with Gasteiger partial charge < -0.3 is 10.6 Å². The van der Waals surface area contributed by atoms with Gasteiger partial charge in [0.25, 0.3) is 0 Å². The quantitative estimate of drug-likeness (QED) is 0.930. The van der Waals surface area contributed by atoms with Gasteiger partial charge in [0, 0.05) is 11.9 Å². The molecule has 0 aliphatic heterocycles. The van der Waals surface area contributed by atoms with Crippen LogP contribution in [0, 0.1) is 0 Å². The van der Waals surface area contributed by atoms with Gasteiger partial charge in [0.05, 0.1) is 16.4 Å². The molecular formula is C9H14BrClN2OS. The Bertz CT molecular complexity index is 330. The van der Waals surface area contributed by atoms with Gasteiger partial charge in [-0.2, -0.15) is 0 Å². The highest BCUT2D eigenvalue weighted by Crippen LogP contribution is 2.22. The molecule has 15 heavy (non-hydrogen) atoms. The standard InChI is InChI=1S/C9H13BrN2OS.ClH/c1-6(11)9(13)12(2)5-7-3-4-8(10)14-7;/h3-4,6H,5,11H2,1-2H3;1H. The number of halogens is 2. The van der Waals surface area contributed by atoms with Crippen molar-refractivity contribution in [1.82, 2.24) is 4.90 Å². The van der Waals surface area contributed by atoms with Gasteiger partial charge in [0.2, 0.25) is 5.91 Å². The summed E-state index contributed by atoms with van der Waals surface area (Å²) >= 11 is 5.01. The number of rotatable bonds is 3. The third-order valence-electron chi connectivity index (χ3n) is 1.79. The summed E-state index contributed by atoms with van der Waals surface area (Å²) in [5.41, 5.74) is 5.50. The van der Waals surface area contributed by atoms with Gasteiger partial charge in [-0.05, 0) is 35.0 Å². The van der Waals surface area contributed by atoms with Crippen molar-refractivity contribution in [2.45, 2.75) is 19.5 Å². The molecule has 0 aromatic carbocycles. The zero-order valence-corrected chi connectivity index (χ0v) is 11.8. The number of amides is 1. The molecular weight excluding hydrogens is 300 g/mol. The molecule has 2 N–H and O–H groups in total. The van der Waals surface area contributed by atoms with E-state index >= 15 is 0 Å². The summed E-state index contributed by atoms with van der Waals surface area (Å²) in [7, 11) is 1.76. The topological polar surface area (TPSA) is 46.3 Å². The molecule has 6 heteroatoms. The summed E-state index contributed by atoms with van der Waals surface area (Å²) in [6.07, 6.45) is 0. The van der Waals surface area contributed by atoms with Crippen molar-refractivity contribution in [3.8, 4) is 0 Å². The second-order valence-electron chi connectivity index (χ2n) is 3.19. The first-order chi connectivity index (χ1) is 6.50. The van der Waals surface area contributed by atoms with E-state index < -0.39 is 6.04 Å². The first kappa shape index (κ1) is 14.9. The van der Waals surface area contributed by atoms with Crippen LogP contribution in [0.1, 0.15) is 11.8 Å². The molecule has 0 saturated heterocycles. The highest BCUT2D eigenvalue weighted by Gasteiger charge is 2.13. The predicted molar refractivity (Wildman–Crippen MR) is 69.4 cm³/mol. The fraction of sp³-hybridized carbons (Fsp3) is 0.444. The van der Waals surface area contributed by atoms with E-state index in [1.54, 1.807) is 30.2 Å². The van der Waals surface area contributed by atoms with Crippen LogP contribution in [0.3, 0.4) is 0 Å². The minimum Gasteiger partial charge on any atom is -0.339 e. The molecule has 1 aromatic rings. The SMILES string of the molecule is CC(N)C(=O)N(C)Cc1ccc(Br)s1.Cl. The molecule has 1 heterocycles. The zero-order chi connectivity index (χ0) is 10.7. The molecule has 1 aromatic heterocycles. The lowest BCUT2D eigenvalue weighted by Gasteiger charge is -2.18. The van der Waals surface area contributed by atoms with E-state index in [-0.39, 0.29) is 18.3 Å². The Morgan fingerprint density at radius 3 is 2.67 bits per heavy atom. The van der Waals surface area contributed by atoms with E-state index in [0.717, 1.165) is 8.66 Å².